The summed E-state index contributed by atoms with van der Waals surface area (Å²) < 4.78 is 10.0. The standard InChI is InChI=1S/C18H26N2O4/c1-3-24-18(22)19-15-10-12-20(13-11-15)17(21)9-6-14-4-7-16(23-2)8-5-14/h4-5,7-8,15H,3,6,9-13H2,1-2H3,(H,19,22). The van der Waals surface area contributed by atoms with Gasteiger partial charge < -0.3 is 19.7 Å². The number of nitrogens with zero attached hydrogens (tertiary/aromatic N) is 1. The zero-order valence-corrected chi connectivity index (χ0v) is 14.4. The first-order chi connectivity index (χ1) is 11.6. The van der Waals surface area contributed by atoms with Crippen molar-refractivity contribution in [1.29, 1.82) is 0 Å². The zero-order valence-electron chi connectivity index (χ0n) is 14.4. The maximum atomic E-state index is 12.3. The number of methoxy groups -OCH3 is 1. The molecule has 2 amide bonds. The van der Waals surface area contributed by atoms with Crippen LogP contribution < -0.4 is 10.1 Å². The number of carbonyl (C=O) groups is 2. The summed E-state index contributed by atoms with van der Waals surface area (Å²) in [7, 11) is 1.64. The first kappa shape index (κ1) is 18.1. The van der Waals surface area contributed by atoms with Gasteiger partial charge in [0, 0.05) is 25.6 Å². The maximum Gasteiger partial charge on any atom is 0.407 e. The summed E-state index contributed by atoms with van der Waals surface area (Å²) in [6, 6.07) is 7.89. The molecule has 0 unspecified atom stereocenters. The third-order valence-corrected chi connectivity index (χ3v) is 4.23. The van der Waals surface area contributed by atoms with Crippen LogP contribution in [0.5, 0.6) is 5.75 Å². The predicted octanol–water partition coefficient (Wildman–Crippen LogP) is 2.36. The summed E-state index contributed by atoms with van der Waals surface area (Å²) in [4.78, 5) is 25.6. The molecule has 0 atom stereocenters. The fourth-order valence-corrected chi connectivity index (χ4v) is 2.81. The molecule has 1 fully saturated rings. The molecule has 0 aromatic heterocycles. The Morgan fingerprint density at radius 1 is 1.21 bits per heavy atom. The lowest BCUT2D eigenvalue weighted by molar-refractivity contribution is -0.132. The highest BCUT2D eigenvalue weighted by atomic mass is 16.5. The van der Waals surface area contributed by atoms with Gasteiger partial charge in [0.25, 0.3) is 0 Å². The first-order valence-corrected chi connectivity index (χ1v) is 8.46. The number of aryl methyl sites for hydroxylation is 1. The first-order valence-electron chi connectivity index (χ1n) is 8.46. The topological polar surface area (TPSA) is 67.9 Å². The average molecular weight is 334 g/mol. The lowest BCUT2D eigenvalue weighted by Gasteiger charge is -2.32. The molecule has 1 aliphatic rings. The van der Waals surface area contributed by atoms with Gasteiger partial charge in [-0.2, -0.15) is 0 Å². The van der Waals surface area contributed by atoms with Crippen molar-refractivity contribution in [2.45, 2.75) is 38.6 Å². The van der Waals surface area contributed by atoms with Gasteiger partial charge in [-0.15, -0.1) is 0 Å². The van der Waals surface area contributed by atoms with Crippen LogP contribution in [0.3, 0.4) is 0 Å². The van der Waals surface area contributed by atoms with Crippen LogP contribution in [0.15, 0.2) is 24.3 Å². The van der Waals surface area contributed by atoms with Crippen molar-refractivity contribution in [1.82, 2.24) is 10.2 Å². The van der Waals surface area contributed by atoms with Crippen LogP contribution >= 0.6 is 0 Å². The lowest BCUT2D eigenvalue weighted by Crippen LogP contribution is -2.46. The number of piperidine rings is 1. The van der Waals surface area contributed by atoms with Gasteiger partial charge in [-0.25, -0.2) is 4.79 Å². The Labute approximate surface area is 143 Å². The quantitative estimate of drug-likeness (QED) is 0.867. The van der Waals surface area contributed by atoms with Gasteiger partial charge >= 0.3 is 6.09 Å². The van der Waals surface area contributed by atoms with Crippen molar-refractivity contribution in [2.75, 3.05) is 26.8 Å². The number of benzene rings is 1. The summed E-state index contributed by atoms with van der Waals surface area (Å²) in [5.41, 5.74) is 1.13. The normalized spacial score (nSPS) is 15.0. The molecule has 1 heterocycles. The Morgan fingerprint density at radius 3 is 2.46 bits per heavy atom. The van der Waals surface area contributed by atoms with E-state index in [2.05, 4.69) is 5.32 Å². The van der Waals surface area contributed by atoms with E-state index in [9.17, 15) is 9.59 Å². The van der Waals surface area contributed by atoms with Gasteiger partial charge in [0.1, 0.15) is 5.75 Å². The Balaban J connectivity index is 1.71. The smallest absolute Gasteiger partial charge is 0.407 e. The van der Waals surface area contributed by atoms with E-state index in [1.165, 1.54) is 0 Å². The van der Waals surface area contributed by atoms with E-state index in [4.69, 9.17) is 9.47 Å². The monoisotopic (exact) mass is 334 g/mol. The third kappa shape index (κ3) is 5.44. The summed E-state index contributed by atoms with van der Waals surface area (Å²) in [5, 5.41) is 2.84. The average Bonchev–Trinajstić information content (AvgIpc) is 2.61. The largest absolute Gasteiger partial charge is 0.497 e. The number of alkyl carbamates (subject to hydrolysis) is 1. The molecule has 0 bridgehead atoms. The predicted molar refractivity (Wildman–Crippen MR) is 91.1 cm³/mol. The van der Waals surface area contributed by atoms with Gasteiger partial charge in [-0.05, 0) is 43.9 Å². The Morgan fingerprint density at radius 2 is 1.88 bits per heavy atom. The molecule has 2 rings (SSSR count). The van der Waals surface area contributed by atoms with Crippen LogP contribution in [0.25, 0.3) is 0 Å². The minimum atomic E-state index is -0.373. The van der Waals surface area contributed by atoms with Gasteiger partial charge in [-0.3, -0.25) is 4.79 Å². The molecule has 24 heavy (non-hydrogen) atoms. The van der Waals surface area contributed by atoms with Crippen LogP contribution in [-0.2, 0) is 16.0 Å². The van der Waals surface area contributed by atoms with Gasteiger partial charge in [0.15, 0.2) is 0 Å². The summed E-state index contributed by atoms with van der Waals surface area (Å²) in [5.74, 6) is 0.988. The number of ether oxygens (including phenoxy) is 2. The molecule has 0 spiro atoms. The molecule has 1 aliphatic heterocycles. The highest BCUT2D eigenvalue weighted by Crippen LogP contribution is 2.15. The van der Waals surface area contributed by atoms with Crippen molar-refractivity contribution in [3.8, 4) is 5.75 Å². The summed E-state index contributed by atoms with van der Waals surface area (Å²) >= 11 is 0. The number of nitrogens with one attached hydrogen (secondary N) is 1. The molecular weight excluding hydrogens is 308 g/mol. The second kappa shape index (κ2) is 9.15. The third-order valence-electron chi connectivity index (χ3n) is 4.23. The molecule has 132 valence electrons. The van der Waals surface area contributed by atoms with Crippen LogP contribution in [0.2, 0.25) is 0 Å². The van der Waals surface area contributed by atoms with E-state index in [0.29, 0.717) is 26.1 Å². The number of hydrogen-bond donors (Lipinski definition) is 1. The lowest BCUT2D eigenvalue weighted by atomic mass is 10.0. The number of hydrogen-bond acceptors (Lipinski definition) is 4. The second-order valence-electron chi connectivity index (χ2n) is 5.87. The van der Waals surface area contributed by atoms with Crippen molar-refractivity contribution in [3.05, 3.63) is 29.8 Å². The highest BCUT2D eigenvalue weighted by Gasteiger charge is 2.23. The summed E-state index contributed by atoms with van der Waals surface area (Å²) in [6.07, 6.45) is 2.40. The van der Waals surface area contributed by atoms with Crippen LogP contribution in [0, 0.1) is 0 Å². The van der Waals surface area contributed by atoms with Crippen LogP contribution in [0.1, 0.15) is 31.7 Å². The Bertz CT molecular complexity index is 536. The molecule has 0 aliphatic carbocycles. The molecule has 1 N–H and O–H groups in total. The fraction of sp³-hybridized carbons (Fsp3) is 0.556. The molecule has 0 saturated carbocycles. The van der Waals surface area contributed by atoms with Crippen LogP contribution in [-0.4, -0.2) is 49.7 Å². The summed E-state index contributed by atoms with van der Waals surface area (Å²) in [6.45, 7) is 3.51. The van der Waals surface area contributed by atoms with Crippen molar-refractivity contribution >= 4 is 12.0 Å². The Hall–Kier alpha value is -2.24. The molecular formula is C18H26N2O4. The number of carbonyl (C=O) groups excluding carboxylic acids is 2. The number of likely N-dealkylation sites (tertiary alicyclic amines) is 1. The van der Waals surface area contributed by atoms with Gasteiger partial charge in [-0.1, -0.05) is 12.1 Å². The molecule has 6 nitrogen and oxygen atoms in total. The van der Waals surface area contributed by atoms with Gasteiger partial charge in [0.2, 0.25) is 5.91 Å². The SMILES string of the molecule is CCOC(=O)NC1CCN(C(=O)CCc2ccc(OC)cc2)CC1. The number of rotatable bonds is 6. The molecule has 0 radical (unpaired) electrons. The van der Waals surface area contributed by atoms with E-state index in [1.807, 2.05) is 29.2 Å². The van der Waals surface area contributed by atoms with Crippen LogP contribution in [0.4, 0.5) is 4.79 Å². The molecule has 1 saturated heterocycles. The molecule has 1 aromatic carbocycles. The minimum absolute atomic E-state index is 0.0923. The van der Waals surface area contributed by atoms with Crippen molar-refractivity contribution in [3.63, 3.8) is 0 Å². The van der Waals surface area contributed by atoms with E-state index in [-0.39, 0.29) is 18.0 Å². The second-order valence-corrected chi connectivity index (χ2v) is 5.87. The highest BCUT2D eigenvalue weighted by molar-refractivity contribution is 5.76. The van der Waals surface area contributed by atoms with Gasteiger partial charge in [0.05, 0.1) is 13.7 Å². The molecule has 1 aromatic rings. The number of amides is 2. The minimum Gasteiger partial charge on any atom is -0.497 e. The van der Waals surface area contributed by atoms with E-state index < -0.39 is 0 Å². The van der Waals surface area contributed by atoms with E-state index >= 15 is 0 Å². The fourth-order valence-electron chi connectivity index (χ4n) is 2.81. The maximum absolute atomic E-state index is 12.3. The zero-order chi connectivity index (χ0) is 17.4. The van der Waals surface area contributed by atoms with Crippen molar-refractivity contribution < 1.29 is 19.1 Å². The molecule has 6 heteroatoms. The Kier molecular flexibility index (Phi) is 6.90. The van der Waals surface area contributed by atoms with E-state index in [1.54, 1.807) is 14.0 Å². The van der Waals surface area contributed by atoms with Crippen molar-refractivity contribution in [2.24, 2.45) is 0 Å². The van der Waals surface area contributed by atoms with E-state index in [0.717, 1.165) is 30.6 Å².